The predicted molar refractivity (Wildman–Crippen MR) is 102 cm³/mol. The van der Waals surface area contributed by atoms with Crippen LogP contribution >= 0.6 is 15.9 Å². The van der Waals surface area contributed by atoms with Gasteiger partial charge in [-0.15, -0.1) is 5.10 Å². The highest BCUT2D eigenvalue weighted by Crippen LogP contribution is 2.32. The first-order valence-electron chi connectivity index (χ1n) is 7.73. The van der Waals surface area contributed by atoms with Crippen molar-refractivity contribution in [2.24, 2.45) is 0 Å². The fraction of sp³-hybridized carbons (Fsp3) is 0.357. The topological polar surface area (TPSA) is 143 Å². The van der Waals surface area contributed by atoms with Crippen molar-refractivity contribution in [1.29, 1.82) is 0 Å². The van der Waals surface area contributed by atoms with Gasteiger partial charge in [-0.3, -0.25) is 9.17 Å². The van der Waals surface area contributed by atoms with E-state index in [9.17, 15) is 16.8 Å². The summed E-state index contributed by atoms with van der Waals surface area (Å²) in [7, 11) is -7.08. The van der Waals surface area contributed by atoms with Crippen molar-refractivity contribution in [3.8, 4) is 17.1 Å². The summed E-state index contributed by atoms with van der Waals surface area (Å²) in [6.45, 7) is 0.126. The molecule has 0 bridgehead atoms. The second-order valence-electron chi connectivity index (χ2n) is 5.74. The molecule has 0 amide bonds. The van der Waals surface area contributed by atoms with E-state index in [1.807, 2.05) is 0 Å². The van der Waals surface area contributed by atoms with Crippen molar-refractivity contribution in [3.63, 3.8) is 0 Å². The molecule has 3 rings (SSSR count). The highest BCUT2D eigenvalue weighted by Gasteiger charge is 2.19. The van der Waals surface area contributed by atoms with Gasteiger partial charge >= 0.3 is 0 Å². The Kier molecular flexibility index (Phi) is 5.74. The summed E-state index contributed by atoms with van der Waals surface area (Å²) in [5.74, 6) is 0.165. The minimum atomic E-state index is -3.59. The van der Waals surface area contributed by atoms with E-state index in [0.29, 0.717) is 33.2 Å². The van der Waals surface area contributed by atoms with E-state index in [-0.39, 0.29) is 19.1 Å². The van der Waals surface area contributed by atoms with Gasteiger partial charge in [0.25, 0.3) is 26.0 Å². The lowest BCUT2D eigenvalue weighted by molar-refractivity contribution is 0.237. The van der Waals surface area contributed by atoms with Crippen LogP contribution in [0.15, 0.2) is 27.7 Å². The predicted octanol–water partition coefficient (Wildman–Crippen LogP) is 1.40. The molecule has 0 aliphatic rings. The molecule has 0 N–H and O–H groups in total. The van der Waals surface area contributed by atoms with Crippen molar-refractivity contribution < 1.29 is 30.3 Å². The third-order valence-corrected chi connectivity index (χ3v) is 5.53. The normalized spacial score (nSPS) is 12.5. The molecule has 11 nitrogen and oxygen atoms in total. The molecular weight excluding hydrogens is 480 g/mol. The lowest BCUT2D eigenvalue weighted by atomic mass is 10.2. The van der Waals surface area contributed by atoms with E-state index in [4.69, 9.17) is 9.26 Å². The van der Waals surface area contributed by atoms with Gasteiger partial charge < -0.3 is 9.26 Å². The zero-order valence-corrected chi connectivity index (χ0v) is 17.9. The number of hydrogen-bond acceptors (Lipinski definition) is 10. The van der Waals surface area contributed by atoms with Crippen LogP contribution in [0, 0.1) is 0 Å². The zero-order valence-electron chi connectivity index (χ0n) is 14.7. The maximum absolute atomic E-state index is 11.8. The third-order valence-electron chi connectivity index (χ3n) is 3.44. The van der Waals surface area contributed by atoms with Crippen molar-refractivity contribution in [1.82, 2.24) is 19.3 Å². The van der Waals surface area contributed by atoms with Crippen LogP contribution in [0.4, 0.5) is 0 Å². The van der Waals surface area contributed by atoms with Crippen LogP contribution < -0.4 is 4.74 Å². The highest BCUT2D eigenvalue weighted by molar-refractivity contribution is 9.10. The minimum Gasteiger partial charge on any atom is -0.475 e. The quantitative estimate of drug-likeness (QED) is 0.332. The standard InChI is InChI=1S/C14H15BrN4O7S2/c1-27(20,21)19-12-7-16-11(6-9(12)13(15)17-19)10-8-25-18-14(10)24-4-3-5-26-28(2,22)23/h6-8H,3-5H2,1-2H3. The fourth-order valence-corrected chi connectivity index (χ4v) is 4.03. The van der Waals surface area contributed by atoms with Gasteiger partial charge in [-0.1, -0.05) is 0 Å². The SMILES string of the molecule is CS(=O)(=O)OCCCOc1nocc1-c1cc2c(Br)nn(S(C)(=O)=O)c2cn1. The minimum absolute atomic E-state index is 0.0200. The van der Waals surface area contributed by atoms with Gasteiger partial charge in [0.1, 0.15) is 21.9 Å². The van der Waals surface area contributed by atoms with Crippen LogP contribution in [0.3, 0.4) is 0 Å². The second kappa shape index (κ2) is 7.77. The van der Waals surface area contributed by atoms with E-state index < -0.39 is 20.1 Å². The monoisotopic (exact) mass is 494 g/mol. The van der Waals surface area contributed by atoms with Crippen LogP contribution in [0.25, 0.3) is 22.2 Å². The average Bonchev–Trinajstić information content (AvgIpc) is 3.18. The molecule has 0 aliphatic carbocycles. The van der Waals surface area contributed by atoms with Crippen molar-refractivity contribution in [2.45, 2.75) is 6.42 Å². The molecule has 3 heterocycles. The molecule has 0 atom stereocenters. The number of aromatic nitrogens is 4. The first-order chi connectivity index (χ1) is 13.1. The molecular formula is C14H15BrN4O7S2. The summed E-state index contributed by atoms with van der Waals surface area (Å²) in [6.07, 6.45) is 5.04. The Morgan fingerprint density at radius 3 is 2.64 bits per heavy atom. The van der Waals surface area contributed by atoms with E-state index in [1.54, 1.807) is 6.07 Å². The molecule has 14 heteroatoms. The Morgan fingerprint density at radius 2 is 1.96 bits per heavy atom. The lowest BCUT2D eigenvalue weighted by Gasteiger charge is -2.05. The van der Waals surface area contributed by atoms with E-state index in [1.165, 1.54) is 12.5 Å². The number of halogens is 1. The molecule has 3 aromatic rings. The van der Waals surface area contributed by atoms with E-state index in [2.05, 4.69) is 35.4 Å². The molecule has 0 fully saturated rings. The van der Waals surface area contributed by atoms with Gasteiger partial charge in [0.2, 0.25) is 0 Å². The molecule has 0 unspecified atom stereocenters. The molecule has 28 heavy (non-hydrogen) atoms. The average molecular weight is 495 g/mol. The molecule has 3 aromatic heterocycles. The molecule has 152 valence electrons. The maximum Gasteiger partial charge on any atom is 0.264 e. The molecule has 0 aromatic carbocycles. The second-order valence-corrected chi connectivity index (χ2v) is 9.95. The summed E-state index contributed by atoms with van der Waals surface area (Å²) >= 11 is 3.24. The number of nitrogens with zero attached hydrogens (tertiary/aromatic N) is 4. The Balaban J connectivity index is 1.81. The zero-order chi connectivity index (χ0) is 20.5. The van der Waals surface area contributed by atoms with Crippen LogP contribution in [0.5, 0.6) is 5.88 Å². The molecule has 0 saturated heterocycles. The van der Waals surface area contributed by atoms with E-state index >= 15 is 0 Å². The van der Waals surface area contributed by atoms with Crippen LogP contribution in [0.1, 0.15) is 6.42 Å². The van der Waals surface area contributed by atoms with E-state index in [0.717, 1.165) is 16.6 Å². The number of hydrogen-bond donors (Lipinski definition) is 0. The summed E-state index contributed by atoms with van der Waals surface area (Å²) in [6, 6.07) is 1.63. The highest BCUT2D eigenvalue weighted by atomic mass is 79.9. The molecule has 0 saturated carbocycles. The van der Waals surface area contributed by atoms with Gasteiger partial charge in [0.15, 0.2) is 0 Å². The fourth-order valence-electron chi connectivity index (χ4n) is 2.29. The number of ether oxygens (including phenoxy) is 1. The smallest absolute Gasteiger partial charge is 0.264 e. The Hall–Kier alpha value is -2.03. The van der Waals surface area contributed by atoms with Crippen molar-refractivity contribution in [2.75, 3.05) is 25.7 Å². The first kappa shape index (κ1) is 20.7. The van der Waals surface area contributed by atoms with Gasteiger partial charge in [-0.05, 0) is 27.2 Å². The van der Waals surface area contributed by atoms with Crippen molar-refractivity contribution in [3.05, 3.63) is 23.1 Å². The Morgan fingerprint density at radius 1 is 1.21 bits per heavy atom. The number of pyridine rings is 1. The molecule has 0 aliphatic heterocycles. The van der Waals surface area contributed by atoms with Crippen LogP contribution in [0.2, 0.25) is 0 Å². The first-order valence-corrected chi connectivity index (χ1v) is 12.2. The summed E-state index contributed by atoms with van der Waals surface area (Å²) < 4.78 is 61.8. The third kappa shape index (κ3) is 4.68. The summed E-state index contributed by atoms with van der Waals surface area (Å²) in [5, 5.41) is 8.26. The lowest BCUT2D eigenvalue weighted by Crippen LogP contribution is -2.11. The van der Waals surface area contributed by atoms with Gasteiger partial charge in [-0.25, -0.2) is 8.42 Å². The van der Waals surface area contributed by atoms with Gasteiger partial charge in [-0.2, -0.15) is 12.5 Å². The largest absolute Gasteiger partial charge is 0.475 e. The molecule has 0 spiro atoms. The number of rotatable bonds is 8. The van der Waals surface area contributed by atoms with Crippen LogP contribution in [-0.4, -0.2) is 61.9 Å². The molecule has 0 radical (unpaired) electrons. The Bertz CT molecular complexity index is 1220. The summed E-state index contributed by atoms with van der Waals surface area (Å²) in [4.78, 5) is 4.24. The van der Waals surface area contributed by atoms with Gasteiger partial charge in [0, 0.05) is 11.8 Å². The van der Waals surface area contributed by atoms with Crippen molar-refractivity contribution >= 4 is 47.0 Å². The van der Waals surface area contributed by atoms with Crippen LogP contribution in [-0.2, 0) is 24.3 Å². The maximum atomic E-state index is 11.8. The number of fused-ring (bicyclic) bond motifs is 1. The summed E-state index contributed by atoms with van der Waals surface area (Å²) in [5.41, 5.74) is 1.20. The van der Waals surface area contributed by atoms with Gasteiger partial charge in [0.05, 0.1) is 37.6 Å². The Labute approximate surface area is 168 Å².